The highest BCUT2D eigenvalue weighted by Crippen LogP contribution is 2.33. The van der Waals surface area contributed by atoms with Gasteiger partial charge in [-0.3, -0.25) is 4.98 Å². The first kappa shape index (κ1) is 16.1. The topological polar surface area (TPSA) is 63.7 Å². The fraction of sp³-hybridized carbons (Fsp3) is 0.333. The molecule has 0 unspecified atom stereocenters. The summed E-state index contributed by atoms with van der Waals surface area (Å²) in [5, 5.41) is 2.95. The average molecular weight is 327 g/mol. The normalized spacial score (nSPS) is 13.2. The Kier molecular flexibility index (Phi) is 4.84. The van der Waals surface area contributed by atoms with Crippen LogP contribution in [0.5, 0.6) is 11.5 Å². The minimum absolute atomic E-state index is 0.0627. The van der Waals surface area contributed by atoms with Crippen molar-refractivity contribution in [3.8, 4) is 11.5 Å². The van der Waals surface area contributed by atoms with Gasteiger partial charge in [0.25, 0.3) is 0 Å². The molecular formula is C18H21N3O3. The second-order valence-electron chi connectivity index (χ2n) is 5.66. The Morgan fingerprint density at radius 1 is 1.17 bits per heavy atom. The van der Waals surface area contributed by atoms with Gasteiger partial charge in [-0.25, -0.2) is 4.79 Å². The standard InChI is InChI=1S/C18H21N3O3/c1-23-16-9-14-5-8-21(12-15(14)10-17(16)24-2)18(22)20-11-13-3-6-19-7-4-13/h3-4,6-7,9-10H,5,8,11-12H2,1-2H3,(H,20,22). The Morgan fingerprint density at radius 3 is 2.50 bits per heavy atom. The molecular weight excluding hydrogens is 306 g/mol. The molecule has 1 N–H and O–H groups in total. The molecule has 0 spiro atoms. The Bertz CT molecular complexity index is 719. The summed E-state index contributed by atoms with van der Waals surface area (Å²) in [6.45, 7) is 1.75. The third kappa shape index (κ3) is 3.42. The Labute approximate surface area is 141 Å². The largest absolute Gasteiger partial charge is 0.493 e. The van der Waals surface area contributed by atoms with E-state index in [1.165, 1.54) is 5.56 Å². The van der Waals surface area contributed by atoms with Crippen LogP contribution in [0.25, 0.3) is 0 Å². The maximum absolute atomic E-state index is 12.4. The van der Waals surface area contributed by atoms with Crippen LogP contribution in [-0.4, -0.2) is 36.7 Å². The summed E-state index contributed by atoms with van der Waals surface area (Å²) >= 11 is 0. The zero-order chi connectivity index (χ0) is 16.9. The summed E-state index contributed by atoms with van der Waals surface area (Å²) in [4.78, 5) is 18.2. The molecule has 6 nitrogen and oxygen atoms in total. The molecule has 6 heteroatoms. The predicted octanol–water partition coefficient (Wildman–Crippen LogP) is 2.37. The lowest BCUT2D eigenvalue weighted by atomic mass is 9.99. The number of urea groups is 1. The van der Waals surface area contributed by atoms with Gasteiger partial charge in [0.1, 0.15) is 0 Å². The Morgan fingerprint density at radius 2 is 1.83 bits per heavy atom. The highest BCUT2D eigenvalue weighted by atomic mass is 16.5. The number of ether oxygens (including phenoxy) is 2. The number of hydrogen-bond acceptors (Lipinski definition) is 4. The molecule has 0 bridgehead atoms. The molecule has 2 heterocycles. The van der Waals surface area contributed by atoms with E-state index in [0.717, 1.165) is 23.3 Å². The van der Waals surface area contributed by atoms with E-state index in [-0.39, 0.29) is 6.03 Å². The minimum atomic E-state index is -0.0627. The first-order valence-electron chi connectivity index (χ1n) is 7.86. The van der Waals surface area contributed by atoms with Crippen LogP contribution in [0.1, 0.15) is 16.7 Å². The van der Waals surface area contributed by atoms with E-state index in [1.807, 2.05) is 29.2 Å². The summed E-state index contributed by atoms with van der Waals surface area (Å²) in [6, 6.07) is 7.68. The maximum Gasteiger partial charge on any atom is 0.317 e. The van der Waals surface area contributed by atoms with Crippen molar-refractivity contribution in [1.29, 1.82) is 0 Å². The number of aromatic nitrogens is 1. The number of amides is 2. The summed E-state index contributed by atoms with van der Waals surface area (Å²) in [5.41, 5.74) is 3.32. The van der Waals surface area contributed by atoms with Crippen molar-refractivity contribution in [3.05, 3.63) is 53.3 Å². The molecule has 1 aromatic heterocycles. The number of nitrogens with one attached hydrogen (secondary N) is 1. The van der Waals surface area contributed by atoms with E-state index >= 15 is 0 Å². The van der Waals surface area contributed by atoms with E-state index in [2.05, 4.69) is 10.3 Å². The van der Waals surface area contributed by atoms with Crippen molar-refractivity contribution in [3.63, 3.8) is 0 Å². The molecule has 0 aliphatic carbocycles. The van der Waals surface area contributed by atoms with Crippen LogP contribution in [0.4, 0.5) is 4.79 Å². The number of carbonyl (C=O) groups excluding carboxylic acids is 1. The molecule has 0 atom stereocenters. The van der Waals surface area contributed by atoms with Crippen molar-refractivity contribution < 1.29 is 14.3 Å². The smallest absolute Gasteiger partial charge is 0.317 e. The number of rotatable bonds is 4. The second kappa shape index (κ2) is 7.21. The van der Waals surface area contributed by atoms with Crippen LogP contribution in [-0.2, 0) is 19.5 Å². The SMILES string of the molecule is COc1cc2c(cc1OC)CN(C(=O)NCc1ccncc1)CC2. The van der Waals surface area contributed by atoms with Gasteiger partial charge in [0.05, 0.1) is 14.2 Å². The van der Waals surface area contributed by atoms with Crippen molar-refractivity contribution in [2.45, 2.75) is 19.5 Å². The monoisotopic (exact) mass is 327 g/mol. The van der Waals surface area contributed by atoms with Crippen molar-refractivity contribution in [2.75, 3.05) is 20.8 Å². The highest BCUT2D eigenvalue weighted by molar-refractivity contribution is 5.74. The molecule has 0 saturated carbocycles. The van der Waals surface area contributed by atoms with Crippen LogP contribution in [0.15, 0.2) is 36.7 Å². The molecule has 0 radical (unpaired) electrons. The van der Waals surface area contributed by atoms with E-state index in [9.17, 15) is 4.79 Å². The lowest BCUT2D eigenvalue weighted by Gasteiger charge is -2.29. The van der Waals surface area contributed by atoms with E-state index in [1.54, 1.807) is 26.6 Å². The van der Waals surface area contributed by atoms with Gasteiger partial charge < -0.3 is 19.7 Å². The number of hydrogen-bond donors (Lipinski definition) is 1. The number of nitrogens with zero attached hydrogens (tertiary/aromatic N) is 2. The van der Waals surface area contributed by atoms with Crippen LogP contribution < -0.4 is 14.8 Å². The van der Waals surface area contributed by atoms with Gasteiger partial charge in [-0.2, -0.15) is 0 Å². The fourth-order valence-electron chi connectivity index (χ4n) is 2.85. The molecule has 2 aromatic rings. The fourth-order valence-corrected chi connectivity index (χ4v) is 2.85. The zero-order valence-corrected chi connectivity index (χ0v) is 13.9. The van der Waals surface area contributed by atoms with Crippen LogP contribution >= 0.6 is 0 Å². The average Bonchev–Trinajstić information content (AvgIpc) is 2.65. The minimum Gasteiger partial charge on any atom is -0.493 e. The number of carbonyl (C=O) groups is 1. The van der Waals surface area contributed by atoms with E-state index < -0.39 is 0 Å². The van der Waals surface area contributed by atoms with Crippen LogP contribution in [0.3, 0.4) is 0 Å². The summed E-state index contributed by atoms with van der Waals surface area (Å²) in [7, 11) is 3.25. The van der Waals surface area contributed by atoms with Gasteiger partial charge >= 0.3 is 6.03 Å². The quantitative estimate of drug-likeness (QED) is 0.936. The van der Waals surface area contributed by atoms with Crippen LogP contribution in [0.2, 0.25) is 0 Å². The number of methoxy groups -OCH3 is 2. The summed E-state index contributed by atoms with van der Waals surface area (Å²) < 4.78 is 10.7. The Balaban J connectivity index is 1.66. The van der Waals surface area contributed by atoms with Crippen molar-refractivity contribution in [1.82, 2.24) is 15.2 Å². The molecule has 1 aromatic carbocycles. The molecule has 24 heavy (non-hydrogen) atoms. The first-order chi connectivity index (χ1) is 11.7. The predicted molar refractivity (Wildman–Crippen MR) is 90.1 cm³/mol. The van der Waals surface area contributed by atoms with E-state index in [0.29, 0.717) is 25.4 Å². The molecule has 0 fully saturated rings. The molecule has 3 rings (SSSR count). The Hall–Kier alpha value is -2.76. The number of fused-ring (bicyclic) bond motifs is 1. The van der Waals surface area contributed by atoms with Gasteiger partial charge in [0, 0.05) is 32.0 Å². The van der Waals surface area contributed by atoms with Gasteiger partial charge in [-0.1, -0.05) is 0 Å². The number of pyridine rings is 1. The first-order valence-corrected chi connectivity index (χ1v) is 7.86. The van der Waals surface area contributed by atoms with E-state index in [4.69, 9.17) is 9.47 Å². The highest BCUT2D eigenvalue weighted by Gasteiger charge is 2.22. The lowest BCUT2D eigenvalue weighted by molar-refractivity contribution is 0.191. The van der Waals surface area contributed by atoms with Crippen molar-refractivity contribution in [2.24, 2.45) is 0 Å². The summed E-state index contributed by atoms with van der Waals surface area (Å²) in [5.74, 6) is 1.42. The molecule has 1 aliphatic heterocycles. The van der Waals surface area contributed by atoms with Gasteiger partial charge in [-0.15, -0.1) is 0 Å². The van der Waals surface area contributed by atoms with Gasteiger partial charge in [0.2, 0.25) is 0 Å². The third-order valence-corrected chi connectivity index (χ3v) is 4.20. The molecule has 2 amide bonds. The number of benzene rings is 1. The summed E-state index contributed by atoms with van der Waals surface area (Å²) in [6.07, 6.45) is 4.24. The van der Waals surface area contributed by atoms with Crippen molar-refractivity contribution >= 4 is 6.03 Å². The third-order valence-electron chi connectivity index (χ3n) is 4.20. The van der Waals surface area contributed by atoms with Crippen LogP contribution in [0, 0.1) is 0 Å². The second-order valence-corrected chi connectivity index (χ2v) is 5.66. The van der Waals surface area contributed by atoms with Gasteiger partial charge in [0.15, 0.2) is 11.5 Å². The maximum atomic E-state index is 12.4. The molecule has 126 valence electrons. The van der Waals surface area contributed by atoms with Gasteiger partial charge in [-0.05, 0) is 47.4 Å². The molecule has 1 aliphatic rings. The molecule has 0 saturated heterocycles. The zero-order valence-electron chi connectivity index (χ0n) is 13.9. The lowest BCUT2D eigenvalue weighted by Crippen LogP contribution is -2.42.